The highest BCUT2D eigenvalue weighted by atomic mass is 32.1. The summed E-state index contributed by atoms with van der Waals surface area (Å²) in [5, 5.41) is 104. The summed E-state index contributed by atoms with van der Waals surface area (Å²) in [4.78, 5) is 50.2. The summed E-state index contributed by atoms with van der Waals surface area (Å²) in [6.45, 7) is 7.13. The van der Waals surface area contributed by atoms with E-state index < -0.39 is 0 Å². The third kappa shape index (κ3) is 33.2. The van der Waals surface area contributed by atoms with Crippen molar-refractivity contribution in [2.45, 2.75) is 58.9 Å². The molecule has 18 rings (SSSR count). The summed E-state index contributed by atoms with van der Waals surface area (Å²) >= 11 is 15.5. The summed E-state index contributed by atoms with van der Waals surface area (Å²) in [5.41, 5.74) is 22.0. The molecule has 0 atom stereocenters. The van der Waals surface area contributed by atoms with Gasteiger partial charge in [0.05, 0.1) is 58.9 Å². The quantitative estimate of drug-likeness (QED) is 0.0186. The fourth-order valence-electron chi connectivity index (χ4n) is 10.7. The first-order valence-corrected chi connectivity index (χ1v) is 48.1. The topological polar surface area (TPSA) is 553 Å². The normalized spacial score (nSPS) is 10.3. The minimum absolute atomic E-state index is 0.327. The molecule has 0 unspecified atom stereocenters. The molecular formula is C78H111N45S9. The van der Waals surface area contributed by atoms with Crippen LogP contribution in [-0.2, 0) is 80.0 Å². The van der Waals surface area contributed by atoms with Crippen LogP contribution >= 0.6 is 102 Å². The maximum atomic E-state index is 5.62. The van der Waals surface area contributed by atoms with Crippen molar-refractivity contribution in [3.63, 3.8) is 0 Å². The molecule has 702 valence electrons. The summed E-state index contributed by atoms with van der Waals surface area (Å²) in [5.74, 6) is 11.3. The van der Waals surface area contributed by atoms with E-state index in [2.05, 4.69) is 251 Å². The van der Waals surface area contributed by atoms with Crippen LogP contribution in [0.15, 0.2) is 158 Å². The average Bonchev–Trinajstić information content (AvgIpc) is 1.69. The molecule has 132 heavy (non-hydrogen) atoms. The highest BCUT2D eigenvalue weighted by molar-refractivity contribution is 7.12. The van der Waals surface area contributed by atoms with Gasteiger partial charge in [0.1, 0.15) is 0 Å². The predicted molar refractivity (Wildman–Crippen MR) is 545 cm³/mol. The molecule has 0 fully saturated rings. The molecule has 0 aliphatic rings. The Hall–Kier alpha value is -14.0. The first-order valence-electron chi connectivity index (χ1n) is 40.2. The number of nitrogen functional groups attached to an aromatic ring is 4. The van der Waals surface area contributed by atoms with Crippen molar-refractivity contribution in [3.05, 3.63) is 202 Å². The lowest BCUT2D eigenvalue weighted by molar-refractivity contribution is 0.816. The van der Waals surface area contributed by atoms with E-state index in [4.69, 9.17) is 22.9 Å². The molecule has 18 aromatic heterocycles. The summed E-state index contributed by atoms with van der Waals surface area (Å²) in [6.07, 6.45) is 0. The van der Waals surface area contributed by atoms with Gasteiger partial charge in [0, 0.05) is 150 Å². The Bertz CT molecular complexity index is 5970. The van der Waals surface area contributed by atoms with Crippen molar-refractivity contribution in [1.29, 1.82) is 0 Å². The zero-order valence-corrected chi connectivity index (χ0v) is 82.8. The fraction of sp³-hybridized carbons (Fsp3) is 0.308. The van der Waals surface area contributed by atoms with Crippen LogP contribution in [0.25, 0.3) is 0 Å². The van der Waals surface area contributed by atoms with Gasteiger partial charge in [-0.1, -0.05) is 54.6 Å². The zero-order valence-electron chi connectivity index (χ0n) is 75.5. The first-order chi connectivity index (χ1) is 63.8. The second-order valence-electron chi connectivity index (χ2n) is 28.3. The van der Waals surface area contributed by atoms with Gasteiger partial charge >= 0.3 is 0 Å². The van der Waals surface area contributed by atoms with Crippen molar-refractivity contribution in [3.8, 4) is 0 Å². The second-order valence-corrected chi connectivity index (χ2v) is 37.6. The third-order valence-electron chi connectivity index (χ3n) is 17.5. The molecular weight excluding hydrogens is 1860 g/mol. The zero-order chi connectivity index (χ0) is 94.1. The molecule has 0 spiro atoms. The van der Waals surface area contributed by atoms with Gasteiger partial charge in [-0.25, -0.2) is 30.6 Å². The van der Waals surface area contributed by atoms with Gasteiger partial charge in [-0.05, 0) is 103 Å². The molecule has 21 N–H and O–H groups in total. The lowest BCUT2D eigenvalue weighted by Gasteiger charge is -2.16. The van der Waals surface area contributed by atoms with Crippen LogP contribution in [0.2, 0.25) is 0 Å². The molecule has 18 heterocycles. The highest BCUT2D eigenvalue weighted by Crippen LogP contribution is 2.24. The lowest BCUT2D eigenvalue weighted by atomic mass is 10.4. The minimum Gasteiger partial charge on any atom is -0.368 e. The van der Waals surface area contributed by atoms with E-state index in [1.165, 1.54) is 43.9 Å². The van der Waals surface area contributed by atoms with E-state index >= 15 is 0 Å². The number of nitrogens with two attached hydrogens (primary N) is 4. The van der Waals surface area contributed by atoms with Gasteiger partial charge in [0.2, 0.25) is 107 Å². The van der Waals surface area contributed by atoms with E-state index in [0.717, 1.165) is 82.7 Å². The molecule has 0 saturated heterocycles. The summed E-state index contributed by atoms with van der Waals surface area (Å²) < 4.78 is 5.43. The van der Waals surface area contributed by atoms with Crippen LogP contribution in [-0.4, -0.2) is 220 Å². The number of hydrogen-bond acceptors (Lipinski definition) is 45. The Morgan fingerprint density at radius 3 is 1.02 bits per heavy atom. The van der Waals surface area contributed by atoms with Crippen LogP contribution in [0.5, 0.6) is 0 Å². The molecule has 0 amide bonds. The first kappa shape index (κ1) is 100. The van der Waals surface area contributed by atoms with Crippen LogP contribution in [0.1, 0.15) is 43.9 Å². The van der Waals surface area contributed by atoms with Crippen LogP contribution in [0, 0.1) is 0 Å². The van der Waals surface area contributed by atoms with Crippen molar-refractivity contribution in [2.24, 2.45) is 21.1 Å². The average molecular weight is 1970 g/mol. The number of nitrogens with zero attached hydrogens (tertiary/aromatic N) is 28. The maximum Gasteiger partial charge on any atom is 0.246 e. The van der Waals surface area contributed by atoms with Gasteiger partial charge < -0.3 is 94.5 Å². The second kappa shape index (κ2) is 52.6. The van der Waals surface area contributed by atoms with Crippen molar-refractivity contribution >= 4 is 209 Å². The summed E-state index contributed by atoms with van der Waals surface area (Å²) in [7, 11) is 28.7. The van der Waals surface area contributed by atoms with Gasteiger partial charge in [0.15, 0.2) is 0 Å². The Balaban J connectivity index is 0.000000154. The molecule has 0 radical (unpaired) electrons. The molecule has 0 saturated carbocycles. The standard InChI is InChI=1S/2C10H15N5S.3C9H13N5S.3C8H11N5S.C7H9N5S/c1-14(2)9-11-10(13-12-9)15(3)7-8-5-4-6-16-8;1-14(2)10-13-12-9(15(10)3)11-7-8-5-4-6-16-8;1-13(6-7-4-3-5-15-7)9-12-11-8(10)14(9)2;1-14(2)9-11-8(12-13-9)10-6-7-4-3-5-15-7;1-10-8-11-9(13-12-8)14(2)6-7-4-3-5-15-7;1-13(5-6-3-2-4-14-6)8-10-7(9)11-12-8;1-13-7(9)11-12-8(13)10-5-6-3-2-4-14-6;1-9-7-11-8(13-12-7)10-5-6-3-2-4-14-6;8-6-10-7(12-11-6)9-4-5-2-1-3-13-5/h4-6H,7H2,1-3H3,(H,11,12,13);4-6H,7H2,1-3H3,(H,11,12);3-5H,6H2,1-2H3,(H2,10,11);2*3-5H,6H2,1-2H3,(H2,10,11,12,13);2-4H,5H2,1H3,(H3,9,10,11,12);2-4H,5H2,1H3,(H2,9,11)(H,10,12);2-4H,5H2,1H3,(H3,9,10,11,12,13);1-3H,4H2,(H4,8,9,10,11,12). The van der Waals surface area contributed by atoms with Gasteiger partial charge in [-0.3, -0.25) is 13.7 Å². The molecule has 0 aliphatic heterocycles. The Morgan fingerprint density at radius 1 is 0.295 bits per heavy atom. The number of aromatic amines is 6. The van der Waals surface area contributed by atoms with Crippen LogP contribution < -0.4 is 94.5 Å². The van der Waals surface area contributed by atoms with Crippen molar-refractivity contribution in [1.82, 2.24) is 135 Å². The monoisotopic (exact) mass is 1970 g/mol. The van der Waals surface area contributed by atoms with Gasteiger partial charge in [-0.15, -0.1) is 163 Å². The molecule has 0 aliphatic carbocycles. The fourth-order valence-corrected chi connectivity index (χ4v) is 16.9. The largest absolute Gasteiger partial charge is 0.368 e. The number of hydrogen-bond donors (Lipinski definition) is 17. The summed E-state index contributed by atoms with van der Waals surface area (Å²) in [6, 6.07) is 37.1. The number of anilines is 18. The van der Waals surface area contributed by atoms with E-state index in [-0.39, 0.29) is 0 Å². The number of nitrogens with one attached hydrogen (secondary N) is 13. The van der Waals surface area contributed by atoms with E-state index in [0.29, 0.717) is 83.3 Å². The SMILES string of the molecule is CN(C)c1n[nH]c(N(C)Cc2cccs2)n1.CN(C)c1n[nH]c(NCc2cccs2)n1.CN(C)c1nnc(NCc2cccs2)n1C.CN(Cc1cccs1)c1n[nH]c(N)n1.CN(Cc1cccs1)c1nnc(N)n1C.CNc1n[nH]c(NCc2cccs2)n1.CNc1nc(N(C)Cc2cccs2)n[nH]1.Cn1c(N)nnc1NCc1cccs1.Nc1nc(NCc2cccs2)n[nH]1. The molecule has 18 aromatic rings. The molecule has 0 bridgehead atoms. The highest BCUT2D eigenvalue weighted by Gasteiger charge is 2.16. The number of H-pyrrole nitrogens is 6. The van der Waals surface area contributed by atoms with E-state index in [9.17, 15) is 0 Å². The number of rotatable bonds is 32. The van der Waals surface area contributed by atoms with E-state index in [1.54, 1.807) is 118 Å². The van der Waals surface area contributed by atoms with E-state index in [1.807, 2.05) is 203 Å². The lowest BCUT2D eigenvalue weighted by Crippen LogP contribution is -2.19. The Labute approximate surface area is 799 Å². The molecule has 45 nitrogen and oxygen atoms in total. The predicted octanol–water partition coefficient (Wildman–Crippen LogP) is 12.0. The maximum absolute atomic E-state index is 5.62. The molecule has 0 aromatic carbocycles. The Morgan fingerprint density at radius 2 is 0.644 bits per heavy atom. The van der Waals surface area contributed by atoms with Crippen molar-refractivity contribution < 1.29 is 0 Å². The smallest absolute Gasteiger partial charge is 0.246 e. The van der Waals surface area contributed by atoms with Gasteiger partial charge in [0.25, 0.3) is 0 Å². The van der Waals surface area contributed by atoms with Crippen LogP contribution in [0.3, 0.4) is 0 Å². The minimum atomic E-state index is 0.327. The van der Waals surface area contributed by atoms with Crippen molar-refractivity contribution in [2.75, 3.05) is 179 Å². The Kier molecular flexibility index (Phi) is 39.9. The number of thiophene rings is 9. The number of aromatic nitrogens is 27. The third-order valence-corrected chi connectivity index (χ3v) is 25.3. The van der Waals surface area contributed by atoms with Crippen LogP contribution in [0.4, 0.5) is 107 Å². The molecule has 54 heteroatoms. The van der Waals surface area contributed by atoms with Gasteiger partial charge in [-0.2, -0.15) is 29.9 Å².